The highest BCUT2D eigenvalue weighted by Gasteiger charge is 2.14. The molecule has 0 fully saturated rings. The summed E-state index contributed by atoms with van der Waals surface area (Å²) in [5.74, 6) is -0.296. The van der Waals surface area contributed by atoms with Crippen LogP contribution in [0.15, 0.2) is 28.9 Å². The van der Waals surface area contributed by atoms with Crippen LogP contribution >= 0.6 is 15.9 Å². The van der Waals surface area contributed by atoms with E-state index in [0.717, 1.165) is 15.4 Å². The van der Waals surface area contributed by atoms with Gasteiger partial charge in [0.1, 0.15) is 0 Å². The maximum absolute atomic E-state index is 11.6. The SMILES string of the molecule is CCOC(=O)c1c[nH]c2cccc(Br)c12. The third-order valence-electron chi connectivity index (χ3n) is 2.15. The second-order valence-electron chi connectivity index (χ2n) is 3.09. The van der Waals surface area contributed by atoms with E-state index in [4.69, 9.17) is 4.74 Å². The summed E-state index contributed by atoms with van der Waals surface area (Å²) in [6.07, 6.45) is 1.67. The fraction of sp³-hybridized carbons (Fsp3) is 0.182. The first kappa shape index (κ1) is 10.2. The fourth-order valence-electron chi connectivity index (χ4n) is 1.51. The molecule has 0 saturated heterocycles. The molecular weight excluding hydrogens is 258 g/mol. The highest BCUT2D eigenvalue weighted by atomic mass is 79.9. The van der Waals surface area contributed by atoms with Crippen molar-refractivity contribution in [2.24, 2.45) is 0 Å². The number of hydrogen-bond donors (Lipinski definition) is 1. The van der Waals surface area contributed by atoms with Crippen molar-refractivity contribution >= 4 is 32.8 Å². The maximum atomic E-state index is 11.6. The zero-order valence-corrected chi connectivity index (χ0v) is 9.80. The Morgan fingerprint density at radius 1 is 1.53 bits per heavy atom. The highest BCUT2D eigenvalue weighted by molar-refractivity contribution is 9.10. The summed E-state index contributed by atoms with van der Waals surface area (Å²) >= 11 is 3.42. The van der Waals surface area contributed by atoms with Gasteiger partial charge in [-0.05, 0) is 19.1 Å². The zero-order chi connectivity index (χ0) is 10.8. The molecule has 78 valence electrons. The van der Waals surface area contributed by atoms with Crippen molar-refractivity contribution in [1.29, 1.82) is 0 Å². The Hall–Kier alpha value is -1.29. The Morgan fingerprint density at radius 2 is 2.33 bits per heavy atom. The van der Waals surface area contributed by atoms with Gasteiger partial charge in [-0.2, -0.15) is 0 Å². The molecule has 0 atom stereocenters. The van der Waals surface area contributed by atoms with E-state index in [9.17, 15) is 4.79 Å². The van der Waals surface area contributed by atoms with Crippen LogP contribution in [0, 0.1) is 0 Å². The van der Waals surface area contributed by atoms with E-state index in [1.165, 1.54) is 0 Å². The minimum Gasteiger partial charge on any atom is -0.462 e. The van der Waals surface area contributed by atoms with Crippen molar-refractivity contribution < 1.29 is 9.53 Å². The van der Waals surface area contributed by atoms with Gasteiger partial charge in [-0.15, -0.1) is 0 Å². The molecule has 0 unspecified atom stereocenters. The highest BCUT2D eigenvalue weighted by Crippen LogP contribution is 2.27. The Kier molecular flexibility index (Phi) is 2.77. The van der Waals surface area contributed by atoms with Crippen molar-refractivity contribution in [1.82, 2.24) is 4.98 Å². The van der Waals surface area contributed by atoms with Gasteiger partial charge in [0, 0.05) is 21.6 Å². The summed E-state index contributed by atoms with van der Waals surface area (Å²) in [6.45, 7) is 2.18. The monoisotopic (exact) mass is 267 g/mol. The lowest BCUT2D eigenvalue weighted by Crippen LogP contribution is -2.03. The molecule has 4 heteroatoms. The number of H-pyrrole nitrogens is 1. The summed E-state index contributed by atoms with van der Waals surface area (Å²) in [4.78, 5) is 14.6. The average molecular weight is 268 g/mol. The Bertz CT molecular complexity index is 504. The average Bonchev–Trinajstić information content (AvgIpc) is 2.63. The normalized spacial score (nSPS) is 10.5. The van der Waals surface area contributed by atoms with E-state index in [1.54, 1.807) is 13.1 Å². The van der Waals surface area contributed by atoms with Crippen molar-refractivity contribution in [3.63, 3.8) is 0 Å². The molecule has 0 radical (unpaired) electrons. The molecule has 0 aliphatic carbocycles. The molecule has 0 aliphatic rings. The van der Waals surface area contributed by atoms with E-state index < -0.39 is 0 Å². The molecule has 0 spiro atoms. The van der Waals surface area contributed by atoms with Gasteiger partial charge in [0.05, 0.1) is 12.2 Å². The van der Waals surface area contributed by atoms with E-state index in [-0.39, 0.29) is 5.97 Å². The molecule has 1 N–H and O–H groups in total. The lowest BCUT2D eigenvalue weighted by molar-refractivity contribution is 0.0528. The number of aromatic nitrogens is 1. The number of carbonyl (C=O) groups is 1. The van der Waals surface area contributed by atoms with E-state index in [2.05, 4.69) is 20.9 Å². The number of carbonyl (C=O) groups excluding carboxylic acids is 1. The Labute approximate surface area is 95.6 Å². The predicted octanol–water partition coefficient (Wildman–Crippen LogP) is 3.11. The third kappa shape index (κ3) is 1.77. The smallest absolute Gasteiger partial charge is 0.340 e. The first-order valence-corrected chi connectivity index (χ1v) is 5.46. The first-order valence-electron chi connectivity index (χ1n) is 4.66. The topological polar surface area (TPSA) is 42.1 Å². The van der Waals surface area contributed by atoms with Gasteiger partial charge in [0.15, 0.2) is 0 Å². The number of nitrogens with one attached hydrogen (secondary N) is 1. The summed E-state index contributed by atoms with van der Waals surface area (Å²) in [6, 6.07) is 5.74. The second-order valence-corrected chi connectivity index (χ2v) is 3.94. The fourth-order valence-corrected chi connectivity index (χ4v) is 2.09. The number of esters is 1. The van der Waals surface area contributed by atoms with Gasteiger partial charge in [0.2, 0.25) is 0 Å². The van der Waals surface area contributed by atoms with Crippen molar-refractivity contribution in [2.45, 2.75) is 6.92 Å². The van der Waals surface area contributed by atoms with Gasteiger partial charge in [-0.3, -0.25) is 0 Å². The van der Waals surface area contributed by atoms with Gasteiger partial charge in [-0.25, -0.2) is 4.79 Å². The van der Waals surface area contributed by atoms with Crippen LogP contribution in [-0.2, 0) is 4.74 Å². The van der Waals surface area contributed by atoms with Gasteiger partial charge in [0.25, 0.3) is 0 Å². The van der Waals surface area contributed by atoms with E-state index >= 15 is 0 Å². The van der Waals surface area contributed by atoms with Gasteiger partial charge < -0.3 is 9.72 Å². The molecule has 0 bridgehead atoms. The molecule has 1 aromatic heterocycles. The third-order valence-corrected chi connectivity index (χ3v) is 2.81. The van der Waals surface area contributed by atoms with Crippen LogP contribution in [0.3, 0.4) is 0 Å². The van der Waals surface area contributed by atoms with Crippen molar-refractivity contribution in [3.8, 4) is 0 Å². The maximum Gasteiger partial charge on any atom is 0.340 e. The Balaban J connectivity index is 2.57. The van der Waals surface area contributed by atoms with Crippen LogP contribution in [0.5, 0.6) is 0 Å². The molecular formula is C11H10BrNO2. The van der Waals surface area contributed by atoms with E-state index in [0.29, 0.717) is 12.2 Å². The van der Waals surface area contributed by atoms with Crippen LogP contribution in [0.25, 0.3) is 10.9 Å². The number of rotatable bonds is 2. The number of ether oxygens (including phenoxy) is 1. The molecule has 2 rings (SSSR count). The number of halogens is 1. The summed E-state index contributed by atoms with van der Waals surface area (Å²) in [5.41, 5.74) is 1.49. The molecule has 3 nitrogen and oxygen atoms in total. The molecule has 1 heterocycles. The van der Waals surface area contributed by atoms with Crippen LogP contribution in [0.2, 0.25) is 0 Å². The number of hydrogen-bond acceptors (Lipinski definition) is 2. The Morgan fingerprint density at radius 3 is 3.07 bits per heavy atom. The minimum atomic E-state index is -0.296. The van der Waals surface area contributed by atoms with Crippen molar-refractivity contribution in [2.75, 3.05) is 6.61 Å². The predicted molar refractivity (Wildman–Crippen MR) is 62.0 cm³/mol. The molecule has 0 aliphatic heterocycles. The number of benzene rings is 1. The molecule has 1 aromatic carbocycles. The van der Waals surface area contributed by atoms with Gasteiger partial charge >= 0.3 is 5.97 Å². The molecule has 0 saturated carbocycles. The zero-order valence-electron chi connectivity index (χ0n) is 8.21. The largest absolute Gasteiger partial charge is 0.462 e. The van der Waals surface area contributed by atoms with Crippen molar-refractivity contribution in [3.05, 3.63) is 34.4 Å². The molecule has 15 heavy (non-hydrogen) atoms. The van der Waals surface area contributed by atoms with Crippen LogP contribution in [-0.4, -0.2) is 17.6 Å². The second kappa shape index (κ2) is 4.06. The first-order chi connectivity index (χ1) is 7.24. The van der Waals surface area contributed by atoms with Gasteiger partial charge in [-0.1, -0.05) is 22.0 Å². The molecule has 0 amide bonds. The lowest BCUT2D eigenvalue weighted by Gasteiger charge is -2.00. The van der Waals surface area contributed by atoms with Crippen LogP contribution in [0.4, 0.5) is 0 Å². The molecule has 2 aromatic rings. The number of fused-ring (bicyclic) bond motifs is 1. The quantitative estimate of drug-likeness (QED) is 0.850. The summed E-state index contributed by atoms with van der Waals surface area (Å²) in [5, 5.41) is 0.871. The van der Waals surface area contributed by atoms with E-state index in [1.807, 2.05) is 18.2 Å². The van der Waals surface area contributed by atoms with Crippen LogP contribution in [0.1, 0.15) is 17.3 Å². The summed E-state index contributed by atoms with van der Waals surface area (Å²) in [7, 11) is 0. The standard InChI is InChI=1S/C11H10BrNO2/c1-2-15-11(14)7-6-13-9-5-3-4-8(12)10(7)9/h3-6,13H,2H2,1H3. The number of aromatic amines is 1. The minimum absolute atomic E-state index is 0.296. The van der Waals surface area contributed by atoms with Crippen LogP contribution < -0.4 is 0 Å². The lowest BCUT2D eigenvalue weighted by atomic mass is 10.2. The summed E-state index contributed by atoms with van der Waals surface area (Å²) < 4.78 is 5.86.